The normalized spacial score (nSPS) is 11.2. The number of nitrogens with two attached hydrogens (primary N) is 1. The van der Waals surface area contributed by atoms with Crippen LogP contribution in [0.2, 0.25) is 0 Å². The molecule has 20 heavy (non-hydrogen) atoms. The first-order valence-electron chi connectivity index (χ1n) is 7.30. The van der Waals surface area contributed by atoms with Crippen molar-refractivity contribution in [2.24, 2.45) is 11.7 Å². The molecule has 0 unspecified atom stereocenters. The SMILES string of the molecule is Cc1nc2ccccc2nc1N(CCCN)CC(C)C. The Labute approximate surface area is 121 Å². The minimum Gasteiger partial charge on any atom is -0.355 e. The maximum absolute atomic E-state index is 5.65. The molecule has 0 aliphatic carbocycles. The van der Waals surface area contributed by atoms with E-state index in [2.05, 4.69) is 23.7 Å². The molecule has 0 saturated carbocycles. The van der Waals surface area contributed by atoms with Crippen LogP contribution in [0.1, 0.15) is 26.0 Å². The molecule has 1 heterocycles. The van der Waals surface area contributed by atoms with Crippen LogP contribution in [-0.2, 0) is 0 Å². The second-order valence-corrected chi connectivity index (χ2v) is 5.60. The summed E-state index contributed by atoms with van der Waals surface area (Å²) < 4.78 is 0. The number of aromatic nitrogens is 2. The summed E-state index contributed by atoms with van der Waals surface area (Å²) in [6.07, 6.45) is 0.973. The van der Waals surface area contributed by atoms with Gasteiger partial charge in [-0.05, 0) is 37.9 Å². The van der Waals surface area contributed by atoms with E-state index < -0.39 is 0 Å². The highest BCUT2D eigenvalue weighted by Crippen LogP contribution is 2.21. The maximum Gasteiger partial charge on any atom is 0.150 e. The summed E-state index contributed by atoms with van der Waals surface area (Å²) in [5.41, 5.74) is 8.55. The van der Waals surface area contributed by atoms with E-state index in [9.17, 15) is 0 Å². The van der Waals surface area contributed by atoms with Crippen LogP contribution in [0, 0.1) is 12.8 Å². The fraction of sp³-hybridized carbons (Fsp3) is 0.500. The number of anilines is 1. The molecule has 0 bridgehead atoms. The quantitative estimate of drug-likeness (QED) is 0.878. The smallest absolute Gasteiger partial charge is 0.150 e. The van der Waals surface area contributed by atoms with E-state index in [1.54, 1.807) is 0 Å². The van der Waals surface area contributed by atoms with Crippen molar-refractivity contribution in [3.8, 4) is 0 Å². The highest BCUT2D eigenvalue weighted by molar-refractivity contribution is 5.76. The van der Waals surface area contributed by atoms with Crippen molar-refractivity contribution in [3.63, 3.8) is 0 Å². The van der Waals surface area contributed by atoms with Gasteiger partial charge in [-0.25, -0.2) is 9.97 Å². The number of para-hydroxylation sites is 2. The third-order valence-electron chi connectivity index (χ3n) is 3.24. The predicted molar refractivity (Wildman–Crippen MR) is 85.0 cm³/mol. The van der Waals surface area contributed by atoms with E-state index in [-0.39, 0.29) is 0 Å². The second kappa shape index (κ2) is 6.66. The average Bonchev–Trinajstić information content (AvgIpc) is 2.42. The van der Waals surface area contributed by atoms with Gasteiger partial charge in [0, 0.05) is 13.1 Å². The van der Waals surface area contributed by atoms with Crippen LogP contribution in [0.5, 0.6) is 0 Å². The van der Waals surface area contributed by atoms with Crippen molar-refractivity contribution in [2.75, 3.05) is 24.5 Å². The van der Waals surface area contributed by atoms with Crippen LogP contribution in [0.15, 0.2) is 24.3 Å². The van der Waals surface area contributed by atoms with Gasteiger partial charge in [-0.3, -0.25) is 0 Å². The molecule has 2 aromatic rings. The number of rotatable bonds is 6. The third kappa shape index (κ3) is 3.45. The van der Waals surface area contributed by atoms with Crippen LogP contribution in [0.25, 0.3) is 11.0 Å². The molecule has 108 valence electrons. The van der Waals surface area contributed by atoms with Crippen LogP contribution in [0.4, 0.5) is 5.82 Å². The summed E-state index contributed by atoms with van der Waals surface area (Å²) in [6.45, 7) is 9.09. The minimum atomic E-state index is 0.584. The van der Waals surface area contributed by atoms with Crippen molar-refractivity contribution in [3.05, 3.63) is 30.0 Å². The van der Waals surface area contributed by atoms with E-state index in [0.29, 0.717) is 12.5 Å². The fourth-order valence-electron chi connectivity index (χ4n) is 2.39. The van der Waals surface area contributed by atoms with Gasteiger partial charge < -0.3 is 10.6 Å². The van der Waals surface area contributed by atoms with Crippen LogP contribution in [-0.4, -0.2) is 29.6 Å². The van der Waals surface area contributed by atoms with Gasteiger partial charge >= 0.3 is 0 Å². The molecule has 0 amide bonds. The fourth-order valence-corrected chi connectivity index (χ4v) is 2.39. The van der Waals surface area contributed by atoms with E-state index in [4.69, 9.17) is 10.7 Å². The van der Waals surface area contributed by atoms with Crippen molar-refractivity contribution in [2.45, 2.75) is 27.2 Å². The monoisotopic (exact) mass is 272 g/mol. The third-order valence-corrected chi connectivity index (χ3v) is 3.24. The van der Waals surface area contributed by atoms with Crippen molar-refractivity contribution in [1.29, 1.82) is 0 Å². The van der Waals surface area contributed by atoms with Crippen LogP contribution >= 0.6 is 0 Å². The molecule has 0 atom stereocenters. The standard InChI is InChI=1S/C16H24N4/c1-12(2)11-20(10-6-9-17)16-13(3)18-14-7-4-5-8-15(14)19-16/h4-5,7-8,12H,6,9-11,17H2,1-3H3. The molecule has 0 saturated heterocycles. The molecule has 1 aromatic carbocycles. The van der Waals surface area contributed by atoms with E-state index in [0.717, 1.165) is 42.1 Å². The highest BCUT2D eigenvalue weighted by atomic mass is 15.2. The Hall–Kier alpha value is -1.68. The molecule has 4 nitrogen and oxygen atoms in total. The van der Waals surface area contributed by atoms with Gasteiger partial charge in [0.2, 0.25) is 0 Å². The number of benzene rings is 1. The van der Waals surface area contributed by atoms with Crippen LogP contribution < -0.4 is 10.6 Å². The minimum absolute atomic E-state index is 0.584. The Morgan fingerprint density at radius 1 is 1.15 bits per heavy atom. The summed E-state index contributed by atoms with van der Waals surface area (Å²) in [5, 5.41) is 0. The first-order valence-corrected chi connectivity index (χ1v) is 7.30. The number of fused-ring (bicyclic) bond motifs is 1. The maximum atomic E-state index is 5.65. The molecule has 0 radical (unpaired) electrons. The molecule has 4 heteroatoms. The van der Waals surface area contributed by atoms with Gasteiger partial charge in [-0.1, -0.05) is 26.0 Å². The molecule has 2 N–H and O–H groups in total. The summed E-state index contributed by atoms with van der Waals surface area (Å²) in [5.74, 6) is 1.58. The summed E-state index contributed by atoms with van der Waals surface area (Å²) >= 11 is 0. The number of aryl methyl sites for hydroxylation is 1. The van der Waals surface area contributed by atoms with Gasteiger partial charge in [0.1, 0.15) is 0 Å². The Kier molecular flexibility index (Phi) is 4.90. The lowest BCUT2D eigenvalue weighted by Crippen LogP contribution is -2.31. The summed E-state index contributed by atoms with van der Waals surface area (Å²) in [6, 6.07) is 8.02. The number of nitrogens with zero attached hydrogens (tertiary/aromatic N) is 3. The van der Waals surface area contributed by atoms with Gasteiger partial charge in [0.05, 0.1) is 16.7 Å². The van der Waals surface area contributed by atoms with Crippen molar-refractivity contribution in [1.82, 2.24) is 9.97 Å². The Balaban J connectivity index is 2.37. The first kappa shape index (κ1) is 14.7. The average molecular weight is 272 g/mol. The van der Waals surface area contributed by atoms with Gasteiger partial charge in [-0.15, -0.1) is 0 Å². The molecule has 0 spiro atoms. The Morgan fingerprint density at radius 3 is 2.40 bits per heavy atom. The summed E-state index contributed by atoms with van der Waals surface area (Å²) in [4.78, 5) is 11.8. The molecule has 0 fully saturated rings. The van der Waals surface area contributed by atoms with E-state index in [1.807, 2.05) is 31.2 Å². The first-order chi connectivity index (χ1) is 9.61. The molecule has 1 aromatic heterocycles. The van der Waals surface area contributed by atoms with E-state index in [1.165, 1.54) is 0 Å². The van der Waals surface area contributed by atoms with E-state index >= 15 is 0 Å². The Bertz CT molecular complexity index is 565. The largest absolute Gasteiger partial charge is 0.355 e. The summed E-state index contributed by atoms with van der Waals surface area (Å²) in [7, 11) is 0. The topological polar surface area (TPSA) is 55.0 Å². The lowest BCUT2D eigenvalue weighted by Gasteiger charge is -2.26. The molecule has 0 aliphatic rings. The van der Waals surface area contributed by atoms with Gasteiger partial charge in [-0.2, -0.15) is 0 Å². The molecular weight excluding hydrogens is 248 g/mol. The number of hydrogen-bond acceptors (Lipinski definition) is 4. The zero-order valence-electron chi connectivity index (χ0n) is 12.6. The number of hydrogen-bond donors (Lipinski definition) is 1. The molecular formula is C16H24N4. The lowest BCUT2D eigenvalue weighted by molar-refractivity contribution is 0.595. The highest BCUT2D eigenvalue weighted by Gasteiger charge is 2.14. The van der Waals surface area contributed by atoms with Crippen LogP contribution in [0.3, 0.4) is 0 Å². The van der Waals surface area contributed by atoms with Crippen molar-refractivity contribution >= 4 is 16.9 Å². The van der Waals surface area contributed by atoms with Gasteiger partial charge in [0.25, 0.3) is 0 Å². The van der Waals surface area contributed by atoms with Gasteiger partial charge in [0.15, 0.2) is 5.82 Å². The Morgan fingerprint density at radius 2 is 1.80 bits per heavy atom. The zero-order chi connectivity index (χ0) is 14.5. The second-order valence-electron chi connectivity index (χ2n) is 5.60. The zero-order valence-corrected chi connectivity index (χ0v) is 12.6. The lowest BCUT2D eigenvalue weighted by atomic mass is 10.2. The predicted octanol–water partition coefficient (Wildman–Crippen LogP) is 2.75. The molecule has 2 rings (SSSR count). The van der Waals surface area contributed by atoms with Crippen molar-refractivity contribution < 1.29 is 0 Å². The molecule has 0 aliphatic heterocycles.